The largest absolute Gasteiger partial charge is 0.444 e. The summed E-state index contributed by atoms with van der Waals surface area (Å²) in [6.45, 7) is 9.04. The van der Waals surface area contributed by atoms with E-state index < -0.39 is 5.60 Å². The van der Waals surface area contributed by atoms with Crippen LogP contribution >= 0.6 is 0 Å². The highest BCUT2D eigenvalue weighted by molar-refractivity contribution is 5.71. The lowest BCUT2D eigenvalue weighted by Gasteiger charge is -2.34. The molecule has 7 heteroatoms. The summed E-state index contributed by atoms with van der Waals surface area (Å²) >= 11 is 0. The van der Waals surface area contributed by atoms with Crippen molar-refractivity contribution in [2.45, 2.75) is 71.7 Å². The third kappa shape index (κ3) is 2.81. The van der Waals surface area contributed by atoms with Crippen LogP contribution in [0.3, 0.4) is 0 Å². The van der Waals surface area contributed by atoms with Gasteiger partial charge in [-0.3, -0.25) is 4.68 Å². The number of amides is 1. The molecule has 4 rings (SSSR count). The van der Waals surface area contributed by atoms with Gasteiger partial charge in [-0.1, -0.05) is 5.16 Å². The molecule has 0 N–H and O–H groups in total. The van der Waals surface area contributed by atoms with E-state index >= 15 is 0 Å². The maximum absolute atomic E-state index is 12.6. The van der Waals surface area contributed by atoms with Crippen molar-refractivity contribution in [2.75, 3.05) is 0 Å². The number of hydrogen-bond donors (Lipinski definition) is 0. The molecule has 2 aliphatic rings. The molecule has 0 bridgehead atoms. The van der Waals surface area contributed by atoms with Crippen LogP contribution in [0.2, 0.25) is 0 Å². The molecule has 0 aromatic carbocycles. The van der Waals surface area contributed by atoms with Crippen molar-refractivity contribution in [3.05, 3.63) is 23.0 Å². The molecule has 0 spiro atoms. The van der Waals surface area contributed by atoms with Crippen LogP contribution in [-0.2, 0) is 30.7 Å². The Kier molecular flexibility index (Phi) is 3.63. The summed E-state index contributed by atoms with van der Waals surface area (Å²) in [6, 6.07) is 0.0516. The van der Waals surface area contributed by atoms with E-state index in [1.54, 1.807) is 11.1 Å². The number of hydrogen-bond acceptors (Lipinski definition) is 5. The van der Waals surface area contributed by atoms with E-state index in [4.69, 9.17) is 14.4 Å². The molecule has 2 aliphatic heterocycles. The average Bonchev–Trinajstić information content (AvgIpc) is 3.04. The highest BCUT2D eigenvalue weighted by Crippen LogP contribution is 2.36. The summed E-state index contributed by atoms with van der Waals surface area (Å²) in [5, 5.41) is 8.77. The minimum absolute atomic E-state index is 0.0516. The van der Waals surface area contributed by atoms with Crippen LogP contribution in [0, 0.1) is 0 Å². The van der Waals surface area contributed by atoms with Crippen LogP contribution in [-0.4, -0.2) is 37.6 Å². The van der Waals surface area contributed by atoms with E-state index in [0.29, 0.717) is 6.54 Å². The molecule has 4 heterocycles. The second-order valence-corrected chi connectivity index (χ2v) is 7.94. The van der Waals surface area contributed by atoms with Gasteiger partial charge in [0.15, 0.2) is 5.76 Å². The minimum atomic E-state index is -0.509. The quantitative estimate of drug-likeness (QED) is 0.734. The third-order valence-corrected chi connectivity index (χ3v) is 4.79. The van der Waals surface area contributed by atoms with Gasteiger partial charge < -0.3 is 14.2 Å². The number of carbonyl (C=O) groups excluding carboxylic acids is 1. The Bertz CT molecular complexity index is 815. The van der Waals surface area contributed by atoms with Crippen molar-refractivity contribution >= 4 is 6.09 Å². The second kappa shape index (κ2) is 5.61. The first-order valence-corrected chi connectivity index (χ1v) is 8.85. The molecule has 7 nitrogen and oxygen atoms in total. The van der Waals surface area contributed by atoms with Crippen molar-refractivity contribution < 1.29 is 14.1 Å². The van der Waals surface area contributed by atoms with E-state index in [2.05, 4.69) is 5.16 Å². The molecule has 0 fully saturated rings. The molecule has 25 heavy (non-hydrogen) atoms. The summed E-state index contributed by atoms with van der Waals surface area (Å²) in [6.07, 6.45) is 4.17. The Morgan fingerprint density at radius 1 is 1.40 bits per heavy atom. The van der Waals surface area contributed by atoms with Gasteiger partial charge in [0.05, 0.1) is 18.4 Å². The zero-order valence-corrected chi connectivity index (χ0v) is 15.2. The van der Waals surface area contributed by atoms with Gasteiger partial charge in [0, 0.05) is 30.1 Å². The SMILES string of the molecule is CC1Cc2nn3c(c2CN1C(=O)OC(C)(C)C)-c1oncc1CCC3. The summed E-state index contributed by atoms with van der Waals surface area (Å²) in [5.41, 5.74) is 3.69. The molecule has 2 aromatic heterocycles. The molecular weight excluding hydrogens is 320 g/mol. The van der Waals surface area contributed by atoms with Crippen molar-refractivity contribution in [2.24, 2.45) is 0 Å². The number of rotatable bonds is 0. The van der Waals surface area contributed by atoms with E-state index in [-0.39, 0.29) is 12.1 Å². The van der Waals surface area contributed by atoms with Crippen LogP contribution in [0.25, 0.3) is 11.5 Å². The van der Waals surface area contributed by atoms with Crippen LogP contribution in [0.5, 0.6) is 0 Å². The van der Waals surface area contributed by atoms with Crippen LogP contribution < -0.4 is 0 Å². The van der Waals surface area contributed by atoms with Crippen LogP contribution in [0.1, 0.15) is 50.9 Å². The summed E-state index contributed by atoms with van der Waals surface area (Å²) in [5.74, 6) is 0.796. The molecule has 0 saturated carbocycles. The normalized spacial score (nSPS) is 19.7. The van der Waals surface area contributed by atoms with Gasteiger partial charge in [-0.2, -0.15) is 5.10 Å². The zero-order chi connectivity index (χ0) is 17.8. The fourth-order valence-electron chi connectivity index (χ4n) is 3.63. The van der Waals surface area contributed by atoms with E-state index in [0.717, 1.165) is 54.1 Å². The van der Waals surface area contributed by atoms with Gasteiger partial charge >= 0.3 is 6.09 Å². The molecular formula is C18H24N4O3. The number of fused-ring (bicyclic) bond motifs is 5. The lowest BCUT2D eigenvalue weighted by Crippen LogP contribution is -2.45. The first kappa shape index (κ1) is 16.2. The van der Waals surface area contributed by atoms with Gasteiger partial charge in [-0.25, -0.2) is 4.79 Å². The first-order chi connectivity index (χ1) is 11.8. The van der Waals surface area contributed by atoms with Gasteiger partial charge in [0.2, 0.25) is 0 Å². The van der Waals surface area contributed by atoms with Crippen LogP contribution in [0.15, 0.2) is 10.7 Å². The van der Waals surface area contributed by atoms with Gasteiger partial charge in [0.25, 0.3) is 0 Å². The smallest absolute Gasteiger partial charge is 0.410 e. The lowest BCUT2D eigenvalue weighted by molar-refractivity contribution is 0.0138. The average molecular weight is 344 g/mol. The second-order valence-electron chi connectivity index (χ2n) is 7.94. The Balaban J connectivity index is 1.72. The summed E-state index contributed by atoms with van der Waals surface area (Å²) in [7, 11) is 0. The van der Waals surface area contributed by atoms with E-state index in [9.17, 15) is 4.79 Å². The van der Waals surface area contributed by atoms with Crippen molar-refractivity contribution in [1.82, 2.24) is 19.8 Å². The van der Waals surface area contributed by atoms with Gasteiger partial charge in [-0.15, -0.1) is 0 Å². The zero-order valence-electron chi connectivity index (χ0n) is 15.2. The molecule has 0 saturated heterocycles. The summed E-state index contributed by atoms with van der Waals surface area (Å²) in [4.78, 5) is 14.4. The molecule has 2 aromatic rings. The standard InChI is InChI=1S/C18H24N4O3/c1-11-8-14-13(10-21(11)17(23)24-18(2,3)4)15-16-12(9-19-25-16)6-5-7-22(15)20-14/h9,11H,5-8,10H2,1-4H3. The highest BCUT2D eigenvalue weighted by Gasteiger charge is 2.36. The Hall–Kier alpha value is -2.31. The lowest BCUT2D eigenvalue weighted by atomic mass is 9.98. The van der Waals surface area contributed by atoms with Crippen molar-refractivity contribution in [3.63, 3.8) is 0 Å². The minimum Gasteiger partial charge on any atom is -0.444 e. The number of ether oxygens (including phenoxy) is 1. The molecule has 0 aliphatic carbocycles. The molecule has 134 valence electrons. The Labute approximate surface area is 146 Å². The van der Waals surface area contributed by atoms with Crippen molar-refractivity contribution in [3.8, 4) is 11.5 Å². The first-order valence-electron chi connectivity index (χ1n) is 8.85. The van der Waals surface area contributed by atoms with Gasteiger partial charge in [0.1, 0.15) is 11.3 Å². The fourth-order valence-corrected chi connectivity index (χ4v) is 3.63. The number of nitrogens with zero attached hydrogens (tertiary/aromatic N) is 4. The monoisotopic (exact) mass is 344 g/mol. The van der Waals surface area contributed by atoms with Crippen LogP contribution in [0.4, 0.5) is 4.79 Å². The molecule has 1 atom stereocenters. The van der Waals surface area contributed by atoms with E-state index in [1.165, 1.54) is 0 Å². The third-order valence-electron chi connectivity index (χ3n) is 4.79. The maximum Gasteiger partial charge on any atom is 0.410 e. The summed E-state index contributed by atoms with van der Waals surface area (Å²) < 4.78 is 13.2. The van der Waals surface area contributed by atoms with Gasteiger partial charge in [-0.05, 0) is 40.5 Å². The topological polar surface area (TPSA) is 73.4 Å². The predicted octanol–water partition coefficient (Wildman–Crippen LogP) is 3.17. The Morgan fingerprint density at radius 2 is 2.20 bits per heavy atom. The highest BCUT2D eigenvalue weighted by atomic mass is 16.6. The number of aromatic nitrogens is 3. The molecule has 1 amide bonds. The fraction of sp³-hybridized carbons (Fsp3) is 0.611. The van der Waals surface area contributed by atoms with Crippen molar-refractivity contribution in [1.29, 1.82) is 0 Å². The molecule has 1 unspecified atom stereocenters. The number of carbonyl (C=O) groups is 1. The molecule has 0 radical (unpaired) electrons. The number of aryl methyl sites for hydroxylation is 2. The predicted molar refractivity (Wildman–Crippen MR) is 91.0 cm³/mol. The van der Waals surface area contributed by atoms with E-state index in [1.807, 2.05) is 32.4 Å². The Morgan fingerprint density at radius 3 is 2.96 bits per heavy atom. The maximum atomic E-state index is 12.6.